The van der Waals surface area contributed by atoms with E-state index >= 15 is 0 Å². The molecule has 0 saturated carbocycles. The number of halogens is 1. The SMILES string of the molecule is Cc1ccc(C(C)NC(=O)c2cccnc2Cl)cc1. The van der Waals surface area contributed by atoms with Crippen molar-refractivity contribution in [2.24, 2.45) is 0 Å². The molecule has 0 spiro atoms. The van der Waals surface area contributed by atoms with Gasteiger partial charge in [0.2, 0.25) is 0 Å². The fourth-order valence-corrected chi connectivity index (χ4v) is 1.97. The van der Waals surface area contributed by atoms with Crippen molar-refractivity contribution >= 4 is 17.5 Å². The van der Waals surface area contributed by atoms with Crippen LogP contribution in [0.15, 0.2) is 42.6 Å². The Kier molecular flexibility index (Phi) is 4.17. The summed E-state index contributed by atoms with van der Waals surface area (Å²) in [6, 6.07) is 11.3. The van der Waals surface area contributed by atoms with E-state index in [1.807, 2.05) is 38.1 Å². The van der Waals surface area contributed by atoms with Crippen LogP contribution in [0.3, 0.4) is 0 Å². The molecule has 1 aromatic heterocycles. The minimum atomic E-state index is -0.217. The lowest BCUT2D eigenvalue weighted by molar-refractivity contribution is 0.0939. The molecular formula is C15H15ClN2O. The number of rotatable bonds is 3. The Bertz CT molecular complexity index is 581. The van der Waals surface area contributed by atoms with E-state index in [1.165, 1.54) is 5.56 Å². The third kappa shape index (κ3) is 3.32. The van der Waals surface area contributed by atoms with E-state index in [0.29, 0.717) is 5.56 Å². The van der Waals surface area contributed by atoms with Crippen LogP contribution in [0.2, 0.25) is 5.15 Å². The van der Waals surface area contributed by atoms with Crippen LogP contribution in [0, 0.1) is 6.92 Å². The smallest absolute Gasteiger partial charge is 0.254 e. The molecule has 0 aliphatic carbocycles. The standard InChI is InChI=1S/C15H15ClN2O/c1-10-5-7-12(8-6-10)11(2)18-15(19)13-4-3-9-17-14(13)16/h3-9,11H,1-2H3,(H,18,19). The molecule has 19 heavy (non-hydrogen) atoms. The van der Waals surface area contributed by atoms with Gasteiger partial charge in [-0.15, -0.1) is 0 Å². The Labute approximate surface area is 117 Å². The minimum absolute atomic E-state index is 0.0793. The number of amides is 1. The monoisotopic (exact) mass is 274 g/mol. The van der Waals surface area contributed by atoms with Crippen LogP contribution in [0.1, 0.15) is 34.5 Å². The van der Waals surface area contributed by atoms with E-state index in [1.54, 1.807) is 18.3 Å². The van der Waals surface area contributed by atoms with E-state index in [4.69, 9.17) is 11.6 Å². The zero-order chi connectivity index (χ0) is 13.8. The first kappa shape index (κ1) is 13.6. The number of carbonyl (C=O) groups excluding carboxylic acids is 1. The molecule has 0 fully saturated rings. The van der Waals surface area contributed by atoms with E-state index in [2.05, 4.69) is 10.3 Å². The van der Waals surface area contributed by atoms with Gasteiger partial charge in [0.25, 0.3) is 5.91 Å². The van der Waals surface area contributed by atoms with Gasteiger partial charge in [-0.2, -0.15) is 0 Å². The molecule has 98 valence electrons. The van der Waals surface area contributed by atoms with Crippen molar-refractivity contribution in [3.63, 3.8) is 0 Å². The van der Waals surface area contributed by atoms with Gasteiger partial charge >= 0.3 is 0 Å². The van der Waals surface area contributed by atoms with Crippen molar-refractivity contribution in [3.8, 4) is 0 Å². The average Bonchev–Trinajstić information content (AvgIpc) is 2.39. The maximum Gasteiger partial charge on any atom is 0.254 e. The van der Waals surface area contributed by atoms with Crippen molar-refractivity contribution in [1.29, 1.82) is 0 Å². The molecule has 3 nitrogen and oxygen atoms in total. The molecule has 1 amide bonds. The summed E-state index contributed by atoms with van der Waals surface area (Å²) < 4.78 is 0. The molecule has 0 saturated heterocycles. The molecule has 1 unspecified atom stereocenters. The molecular weight excluding hydrogens is 260 g/mol. The molecule has 1 heterocycles. The second-order valence-corrected chi connectivity index (χ2v) is 4.81. The van der Waals surface area contributed by atoms with Gasteiger partial charge in [0.1, 0.15) is 5.15 Å². The first-order valence-corrected chi connectivity index (χ1v) is 6.43. The fraction of sp³-hybridized carbons (Fsp3) is 0.200. The summed E-state index contributed by atoms with van der Waals surface area (Å²) in [6.45, 7) is 3.97. The van der Waals surface area contributed by atoms with Crippen LogP contribution in [0.5, 0.6) is 0 Å². The summed E-state index contributed by atoms with van der Waals surface area (Å²) in [5, 5.41) is 3.13. The Hall–Kier alpha value is -1.87. The van der Waals surface area contributed by atoms with Crippen LogP contribution in [-0.2, 0) is 0 Å². The molecule has 2 rings (SSSR count). The van der Waals surface area contributed by atoms with Crippen LogP contribution in [0.4, 0.5) is 0 Å². The number of carbonyl (C=O) groups is 1. The van der Waals surface area contributed by atoms with Crippen molar-refractivity contribution in [1.82, 2.24) is 10.3 Å². The molecule has 0 radical (unpaired) electrons. The van der Waals surface area contributed by atoms with Gasteiger partial charge in [0, 0.05) is 6.20 Å². The summed E-state index contributed by atoms with van der Waals surface area (Å²) in [6.07, 6.45) is 1.56. The van der Waals surface area contributed by atoms with Crippen molar-refractivity contribution in [2.45, 2.75) is 19.9 Å². The number of hydrogen-bond acceptors (Lipinski definition) is 2. The second-order valence-electron chi connectivity index (χ2n) is 4.45. The summed E-state index contributed by atoms with van der Waals surface area (Å²) >= 11 is 5.90. The zero-order valence-electron chi connectivity index (χ0n) is 10.9. The molecule has 0 bridgehead atoms. The van der Waals surface area contributed by atoms with Crippen LogP contribution in [-0.4, -0.2) is 10.9 Å². The number of aromatic nitrogens is 1. The molecule has 1 N–H and O–H groups in total. The summed E-state index contributed by atoms with van der Waals surface area (Å²) in [5.74, 6) is -0.217. The van der Waals surface area contributed by atoms with E-state index in [-0.39, 0.29) is 17.1 Å². The van der Waals surface area contributed by atoms with Crippen molar-refractivity contribution in [2.75, 3.05) is 0 Å². The number of aryl methyl sites for hydroxylation is 1. The van der Waals surface area contributed by atoms with Gasteiger partial charge in [-0.25, -0.2) is 4.98 Å². The summed E-state index contributed by atoms with van der Waals surface area (Å²) in [4.78, 5) is 16.0. The molecule has 0 aliphatic heterocycles. The van der Waals surface area contributed by atoms with Gasteiger partial charge in [0.15, 0.2) is 0 Å². The quantitative estimate of drug-likeness (QED) is 0.870. The second kappa shape index (κ2) is 5.85. The third-order valence-corrected chi connectivity index (χ3v) is 3.23. The van der Waals surface area contributed by atoms with Crippen LogP contribution < -0.4 is 5.32 Å². The number of benzene rings is 1. The number of pyridine rings is 1. The fourth-order valence-electron chi connectivity index (χ4n) is 1.77. The van der Waals surface area contributed by atoms with Gasteiger partial charge in [-0.1, -0.05) is 41.4 Å². The predicted octanol–water partition coefficient (Wildman–Crippen LogP) is 3.53. The summed E-state index contributed by atoms with van der Waals surface area (Å²) in [7, 11) is 0. The highest BCUT2D eigenvalue weighted by molar-refractivity contribution is 6.32. The third-order valence-electron chi connectivity index (χ3n) is 2.93. The van der Waals surface area contributed by atoms with E-state index in [0.717, 1.165) is 5.56 Å². The largest absolute Gasteiger partial charge is 0.345 e. The highest BCUT2D eigenvalue weighted by Crippen LogP contribution is 2.16. The number of hydrogen-bond donors (Lipinski definition) is 1. The summed E-state index contributed by atoms with van der Waals surface area (Å²) in [5.41, 5.74) is 2.64. The van der Waals surface area contributed by atoms with E-state index < -0.39 is 0 Å². The topological polar surface area (TPSA) is 42.0 Å². The highest BCUT2D eigenvalue weighted by Gasteiger charge is 2.14. The Morgan fingerprint density at radius 1 is 1.26 bits per heavy atom. The lowest BCUT2D eigenvalue weighted by Gasteiger charge is -2.15. The predicted molar refractivity (Wildman–Crippen MR) is 76.3 cm³/mol. The lowest BCUT2D eigenvalue weighted by Crippen LogP contribution is -2.27. The average molecular weight is 275 g/mol. The van der Waals surface area contributed by atoms with Gasteiger partial charge in [-0.3, -0.25) is 4.79 Å². The van der Waals surface area contributed by atoms with E-state index in [9.17, 15) is 4.79 Å². The van der Waals surface area contributed by atoms with Crippen molar-refractivity contribution in [3.05, 3.63) is 64.4 Å². The highest BCUT2D eigenvalue weighted by atomic mass is 35.5. The number of nitrogens with one attached hydrogen (secondary N) is 1. The first-order valence-electron chi connectivity index (χ1n) is 6.06. The maximum atomic E-state index is 12.1. The minimum Gasteiger partial charge on any atom is -0.345 e. The zero-order valence-corrected chi connectivity index (χ0v) is 11.6. The van der Waals surface area contributed by atoms with Crippen LogP contribution >= 0.6 is 11.6 Å². The van der Waals surface area contributed by atoms with Gasteiger partial charge in [0.05, 0.1) is 11.6 Å². The first-order chi connectivity index (χ1) is 9.08. The Morgan fingerprint density at radius 2 is 1.95 bits per heavy atom. The van der Waals surface area contributed by atoms with Crippen LogP contribution in [0.25, 0.3) is 0 Å². The lowest BCUT2D eigenvalue weighted by atomic mass is 10.1. The number of nitrogens with zero attached hydrogens (tertiary/aromatic N) is 1. The van der Waals surface area contributed by atoms with Gasteiger partial charge in [-0.05, 0) is 31.5 Å². The maximum absolute atomic E-state index is 12.1. The van der Waals surface area contributed by atoms with Gasteiger partial charge < -0.3 is 5.32 Å². The molecule has 1 atom stereocenters. The molecule has 0 aliphatic rings. The molecule has 4 heteroatoms. The van der Waals surface area contributed by atoms with Crippen molar-refractivity contribution < 1.29 is 4.79 Å². The normalized spacial score (nSPS) is 11.9. The Balaban J connectivity index is 2.11. The Morgan fingerprint density at radius 3 is 2.58 bits per heavy atom. The molecule has 2 aromatic rings. The molecule has 1 aromatic carbocycles.